The summed E-state index contributed by atoms with van der Waals surface area (Å²) in [5.74, 6) is 0. The van der Waals surface area contributed by atoms with E-state index in [2.05, 4.69) is 10.3 Å². The summed E-state index contributed by atoms with van der Waals surface area (Å²) >= 11 is 0. The van der Waals surface area contributed by atoms with Gasteiger partial charge in [-0.1, -0.05) is 0 Å². The molecule has 0 aliphatic carbocycles. The van der Waals surface area contributed by atoms with Gasteiger partial charge in [-0.25, -0.2) is 4.79 Å². The van der Waals surface area contributed by atoms with Crippen LogP contribution >= 0.6 is 0 Å². The molecule has 1 aromatic heterocycles. The Kier molecular flexibility index (Phi) is 4.23. The second-order valence-electron chi connectivity index (χ2n) is 6.98. The number of rotatable bonds is 3. The SMILES string of the molecule is CC(C)(C)OC(=O)N[C@@H]1CCN(c2nc3cc([N+](=O)[O-])ccc3o2)C1. The molecule has 1 aliphatic rings. The Morgan fingerprint density at radius 1 is 1.48 bits per heavy atom. The third kappa shape index (κ3) is 3.98. The molecular weight excluding hydrogens is 328 g/mol. The van der Waals surface area contributed by atoms with Gasteiger partial charge in [-0.15, -0.1) is 0 Å². The van der Waals surface area contributed by atoms with Gasteiger partial charge in [0.25, 0.3) is 11.7 Å². The number of hydrogen-bond acceptors (Lipinski definition) is 7. The van der Waals surface area contributed by atoms with Crippen molar-refractivity contribution in [1.82, 2.24) is 10.3 Å². The average Bonchev–Trinajstić information content (AvgIpc) is 3.10. The summed E-state index contributed by atoms with van der Waals surface area (Å²) in [5, 5.41) is 13.7. The van der Waals surface area contributed by atoms with Crippen molar-refractivity contribution in [1.29, 1.82) is 0 Å². The van der Waals surface area contributed by atoms with E-state index < -0.39 is 16.6 Å². The van der Waals surface area contributed by atoms with Crippen LogP contribution in [0.15, 0.2) is 22.6 Å². The summed E-state index contributed by atoms with van der Waals surface area (Å²) in [6, 6.07) is 4.63. The number of nitrogens with one attached hydrogen (secondary N) is 1. The standard InChI is InChI=1S/C16H20N4O5/c1-16(2,3)25-15(21)17-10-6-7-19(9-10)14-18-12-8-11(20(22)23)4-5-13(12)24-14/h4-5,8,10H,6-7,9H2,1-3H3,(H,17,21)/t10-/m1/s1. The van der Waals surface area contributed by atoms with E-state index in [0.717, 1.165) is 6.42 Å². The highest BCUT2D eigenvalue weighted by atomic mass is 16.6. The number of fused-ring (bicyclic) bond motifs is 1. The highest BCUT2D eigenvalue weighted by molar-refractivity contribution is 5.77. The van der Waals surface area contributed by atoms with Gasteiger partial charge in [0.2, 0.25) is 0 Å². The second kappa shape index (κ2) is 6.23. The van der Waals surface area contributed by atoms with Crippen molar-refractivity contribution in [2.75, 3.05) is 18.0 Å². The van der Waals surface area contributed by atoms with Crippen LogP contribution in [0.25, 0.3) is 11.1 Å². The van der Waals surface area contributed by atoms with Crippen LogP contribution in [0, 0.1) is 10.1 Å². The van der Waals surface area contributed by atoms with Gasteiger partial charge in [-0.3, -0.25) is 10.1 Å². The first kappa shape index (κ1) is 17.0. The van der Waals surface area contributed by atoms with E-state index in [0.29, 0.717) is 30.2 Å². The molecule has 9 nitrogen and oxygen atoms in total. The van der Waals surface area contributed by atoms with E-state index in [1.807, 2.05) is 25.7 Å². The molecule has 0 unspecified atom stereocenters. The van der Waals surface area contributed by atoms with Gasteiger partial charge >= 0.3 is 6.09 Å². The van der Waals surface area contributed by atoms with E-state index >= 15 is 0 Å². The van der Waals surface area contributed by atoms with Crippen LogP contribution in [-0.4, -0.2) is 40.7 Å². The number of hydrogen-bond donors (Lipinski definition) is 1. The first-order valence-corrected chi connectivity index (χ1v) is 8.01. The zero-order valence-electron chi connectivity index (χ0n) is 14.3. The number of nitro benzene ring substituents is 1. The van der Waals surface area contributed by atoms with Crippen molar-refractivity contribution in [3.63, 3.8) is 0 Å². The Labute approximate surface area is 144 Å². The Bertz CT molecular complexity index is 810. The van der Waals surface area contributed by atoms with Gasteiger partial charge in [0.1, 0.15) is 11.1 Å². The summed E-state index contributed by atoms with van der Waals surface area (Å²) in [5.41, 5.74) is 0.354. The fourth-order valence-corrected chi connectivity index (χ4v) is 2.68. The molecule has 25 heavy (non-hydrogen) atoms. The largest absolute Gasteiger partial charge is 0.444 e. The molecule has 2 heterocycles. The van der Waals surface area contributed by atoms with E-state index in [9.17, 15) is 14.9 Å². The van der Waals surface area contributed by atoms with Crippen molar-refractivity contribution >= 4 is 28.9 Å². The number of carbonyl (C=O) groups excluding carboxylic acids is 1. The van der Waals surface area contributed by atoms with E-state index in [4.69, 9.17) is 9.15 Å². The van der Waals surface area contributed by atoms with Crippen molar-refractivity contribution in [2.45, 2.75) is 38.8 Å². The third-order valence-corrected chi connectivity index (χ3v) is 3.75. The normalized spacial score (nSPS) is 17.7. The number of oxazole rings is 1. The Morgan fingerprint density at radius 3 is 2.92 bits per heavy atom. The Morgan fingerprint density at radius 2 is 2.24 bits per heavy atom. The number of nitro groups is 1. The fourth-order valence-electron chi connectivity index (χ4n) is 2.68. The van der Waals surface area contributed by atoms with Crippen molar-refractivity contribution in [2.24, 2.45) is 0 Å². The smallest absolute Gasteiger partial charge is 0.407 e. The summed E-state index contributed by atoms with van der Waals surface area (Å²) in [7, 11) is 0. The molecule has 9 heteroatoms. The Balaban J connectivity index is 1.66. The number of aromatic nitrogens is 1. The molecule has 0 radical (unpaired) electrons. The highest BCUT2D eigenvalue weighted by Crippen LogP contribution is 2.27. The van der Waals surface area contributed by atoms with Crippen LogP contribution in [0.4, 0.5) is 16.5 Å². The lowest BCUT2D eigenvalue weighted by molar-refractivity contribution is -0.384. The quantitative estimate of drug-likeness (QED) is 0.670. The lowest BCUT2D eigenvalue weighted by Crippen LogP contribution is -2.40. The predicted molar refractivity (Wildman–Crippen MR) is 90.7 cm³/mol. The molecule has 1 amide bonds. The van der Waals surface area contributed by atoms with Crippen LogP contribution in [-0.2, 0) is 4.74 Å². The monoisotopic (exact) mass is 348 g/mol. The summed E-state index contributed by atoms with van der Waals surface area (Å²) in [6.45, 7) is 6.63. The summed E-state index contributed by atoms with van der Waals surface area (Å²) in [6.07, 6.45) is 0.283. The molecule has 1 saturated heterocycles. The van der Waals surface area contributed by atoms with Gasteiger partial charge in [-0.2, -0.15) is 4.98 Å². The number of ether oxygens (including phenoxy) is 1. The molecular formula is C16H20N4O5. The lowest BCUT2D eigenvalue weighted by Gasteiger charge is -2.21. The second-order valence-corrected chi connectivity index (χ2v) is 6.98. The number of anilines is 1. The van der Waals surface area contributed by atoms with Crippen molar-refractivity contribution in [3.8, 4) is 0 Å². The van der Waals surface area contributed by atoms with Crippen LogP contribution in [0.5, 0.6) is 0 Å². The molecule has 134 valence electrons. The number of carbonyl (C=O) groups is 1. The first-order chi connectivity index (χ1) is 11.7. The Hall–Kier alpha value is -2.84. The lowest BCUT2D eigenvalue weighted by atomic mass is 10.2. The van der Waals surface area contributed by atoms with Gasteiger partial charge in [-0.05, 0) is 33.3 Å². The van der Waals surface area contributed by atoms with Crippen LogP contribution in [0.2, 0.25) is 0 Å². The number of alkyl carbamates (subject to hydrolysis) is 1. The molecule has 1 fully saturated rings. The summed E-state index contributed by atoms with van der Waals surface area (Å²) in [4.78, 5) is 28.4. The van der Waals surface area contributed by atoms with Crippen LogP contribution in [0.3, 0.4) is 0 Å². The number of nitrogens with zero attached hydrogens (tertiary/aromatic N) is 3. The van der Waals surface area contributed by atoms with Crippen LogP contribution < -0.4 is 10.2 Å². The average molecular weight is 348 g/mol. The molecule has 0 bridgehead atoms. The zero-order chi connectivity index (χ0) is 18.2. The van der Waals surface area contributed by atoms with Gasteiger partial charge in [0.05, 0.1) is 11.0 Å². The van der Waals surface area contributed by atoms with Gasteiger partial charge in [0.15, 0.2) is 5.58 Å². The predicted octanol–water partition coefficient (Wildman–Crippen LogP) is 2.84. The van der Waals surface area contributed by atoms with E-state index in [1.54, 1.807) is 0 Å². The molecule has 3 rings (SSSR count). The maximum Gasteiger partial charge on any atom is 0.407 e. The maximum absolute atomic E-state index is 11.8. The number of benzene rings is 1. The molecule has 0 spiro atoms. The topological polar surface area (TPSA) is 111 Å². The molecule has 1 N–H and O–H groups in total. The number of non-ortho nitro benzene ring substituents is 1. The molecule has 1 aliphatic heterocycles. The highest BCUT2D eigenvalue weighted by Gasteiger charge is 2.28. The minimum atomic E-state index is -0.544. The molecule has 2 aromatic rings. The minimum absolute atomic E-state index is 0.0294. The van der Waals surface area contributed by atoms with Crippen LogP contribution in [0.1, 0.15) is 27.2 Å². The van der Waals surface area contributed by atoms with Gasteiger partial charge in [0, 0.05) is 25.2 Å². The zero-order valence-corrected chi connectivity index (χ0v) is 14.3. The summed E-state index contributed by atoms with van der Waals surface area (Å²) < 4.78 is 10.9. The first-order valence-electron chi connectivity index (χ1n) is 8.01. The van der Waals surface area contributed by atoms with Gasteiger partial charge < -0.3 is 19.4 Å². The van der Waals surface area contributed by atoms with E-state index in [1.165, 1.54) is 18.2 Å². The minimum Gasteiger partial charge on any atom is -0.444 e. The molecule has 1 atom stereocenters. The number of amides is 1. The van der Waals surface area contributed by atoms with Crippen molar-refractivity contribution in [3.05, 3.63) is 28.3 Å². The van der Waals surface area contributed by atoms with E-state index in [-0.39, 0.29) is 11.7 Å². The molecule has 0 saturated carbocycles. The fraction of sp³-hybridized carbons (Fsp3) is 0.500. The molecule has 1 aromatic carbocycles. The maximum atomic E-state index is 11.8. The van der Waals surface area contributed by atoms with Crippen molar-refractivity contribution < 1.29 is 18.9 Å². The third-order valence-electron chi connectivity index (χ3n) is 3.75.